The topological polar surface area (TPSA) is 92.9 Å². The van der Waals surface area contributed by atoms with E-state index in [1.54, 1.807) is 64.1 Å². The summed E-state index contributed by atoms with van der Waals surface area (Å²) in [5.74, 6) is 2.00. The summed E-state index contributed by atoms with van der Waals surface area (Å²) in [5.41, 5.74) is 1.68. The van der Waals surface area contributed by atoms with Crippen molar-refractivity contribution >= 4 is 23.7 Å². The van der Waals surface area contributed by atoms with Gasteiger partial charge in [-0.15, -0.1) is 11.3 Å². The lowest BCUT2D eigenvalue weighted by Crippen LogP contribution is -2.26. The number of methoxy groups -OCH3 is 3. The Morgan fingerprint density at radius 1 is 1.00 bits per heavy atom. The fourth-order valence-electron chi connectivity index (χ4n) is 3.19. The summed E-state index contributed by atoms with van der Waals surface area (Å²) in [6.07, 6.45) is 0.871. The Balaban J connectivity index is 1.98. The quantitative estimate of drug-likeness (QED) is 0.229. The normalized spacial score (nSPS) is 12.0. The Morgan fingerprint density at radius 2 is 1.72 bits per heavy atom. The van der Waals surface area contributed by atoms with Crippen LogP contribution in [-0.4, -0.2) is 50.5 Å². The van der Waals surface area contributed by atoms with Gasteiger partial charge in [-0.3, -0.25) is 4.99 Å². The van der Waals surface area contributed by atoms with Crippen molar-refractivity contribution in [2.75, 3.05) is 27.9 Å². The van der Waals surface area contributed by atoms with Crippen LogP contribution in [0.3, 0.4) is 0 Å². The predicted molar refractivity (Wildman–Crippen MR) is 140 cm³/mol. The third-order valence-corrected chi connectivity index (χ3v) is 5.61. The molecule has 0 saturated carbocycles. The SMILES string of the molecule is CCN=c1scc(-c2cc(OC)ccc2OC)n1N=Cc1ccc(OC(=O)OC(C)(C)C)c(OC)c1. The maximum atomic E-state index is 12.1. The number of hydrogen-bond donors (Lipinski definition) is 0. The molecule has 0 unspecified atom stereocenters. The Morgan fingerprint density at radius 3 is 2.36 bits per heavy atom. The first kappa shape index (κ1) is 26.8. The van der Waals surface area contributed by atoms with Gasteiger partial charge in [0.2, 0.25) is 4.80 Å². The van der Waals surface area contributed by atoms with E-state index in [1.165, 1.54) is 18.4 Å². The Labute approximate surface area is 214 Å². The van der Waals surface area contributed by atoms with E-state index in [0.717, 1.165) is 21.6 Å². The molecule has 1 aromatic heterocycles. The maximum Gasteiger partial charge on any atom is 0.514 e. The van der Waals surface area contributed by atoms with E-state index in [2.05, 4.69) is 4.99 Å². The van der Waals surface area contributed by atoms with Crippen molar-refractivity contribution < 1.29 is 28.5 Å². The minimum absolute atomic E-state index is 0.246. The highest BCUT2D eigenvalue weighted by Crippen LogP contribution is 2.34. The molecule has 0 atom stereocenters. The molecular weight excluding hydrogens is 482 g/mol. The van der Waals surface area contributed by atoms with Crippen LogP contribution in [0.4, 0.5) is 4.79 Å². The zero-order valence-electron chi connectivity index (χ0n) is 21.5. The van der Waals surface area contributed by atoms with E-state index in [0.29, 0.717) is 23.8 Å². The van der Waals surface area contributed by atoms with Crippen molar-refractivity contribution in [2.24, 2.45) is 10.1 Å². The molecule has 0 bridgehead atoms. The number of thiazole rings is 1. The molecule has 0 fully saturated rings. The molecule has 0 aliphatic rings. The summed E-state index contributed by atoms with van der Waals surface area (Å²) in [6, 6.07) is 10.7. The molecule has 3 aromatic rings. The van der Waals surface area contributed by atoms with Crippen molar-refractivity contribution in [2.45, 2.75) is 33.3 Å². The summed E-state index contributed by atoms with van der Waals surface area (Å²) in [5, 5.41) is 6.67. The highest BCUT2D eigenvalue weighted by atomic mass is 32.1. The summed E-state index contributed by atoms with van der Waals surface area (Å²) >= 11 is 1.47. The Bertz CT molecular complexity index is 1300. The summed E-state index contributed by atoms with van der Waals surface area (Å²) in [4.78, 5) is 17.4. The highest BCUT2D eigenvalue weighted by Gasteiger charge is 2.20. The van der Waals surface area contributed by atoms with Gasteiger partial charge in [-0.25, -0.2) is 9.47 Å². The van der Waals surface area contributed by atoms with Gasteiger partial charge >= 0.3 is 6.16 Å². The summed E-state index contributed by atoms with van der Waals surface area (Å²) < 4.78 is 28.7. The minimum atomic E-state index is -0.807. The van der Waals surface area contributed by atoms with E-state index in [-0.39, 0.29) is 5.75 Å². The fourth-order valence-corrected chi connectivity index (χ4v) is 4.08. The zero-order valence-corrected chi connectivity index (χ0v) is 22.3. The summed E-state index contributed by atoms with van der Waals surface area (Å²) in [7, 11) is 4.74. The van der Waals surface area contributed by atoms with Gasteiger partial charge < -0.3 is 23.7 Å². The standard InChI is InChI=1S/C26H31N3O6S/c1-8-27-24-29(20(16-36-24)19-14-18(31-5)10-12-21(19)32-6)28-15-17-9-11-22(23(13-17)33-7)34-25(30)35-26(2,3)4/h9-16H,8H2,1-7H3. The first-order valence-electron chi connectivity index (χ1n) is 11.3. The lowest BCUT2D eigenvalue weighted by atomic mass is 10.1. The van der Waals surface area contributed by atoms with Crippen molar-refractivity contribution in [3.05, 3.63) is 52.1 Å². The molecular formula is C26H31N3O6S. The van der Waals surface area contributed by atoms with Gasteiger partial charge in [0, 0.05) is 17.5 Å². The van der Waals surface area contributed by atoms with Crippen LogP contribution in [0.15, 0.2) is 51.9 Å². The number of aromatic nitrogens is 1. The van der Waals surface area contributed by atoms with Gasteiger partial charge in [0.15, 0.2) is 11.5 Å². The zero-order chi connectivity index (χ0) is 26.3. The number of carbonyl (C=O) groups excluding carboxylic acids is 1. The van der Waals surface area contributed by atoms with E-state index in [4.69, 9.17) is 28.8 Å². The largest absolute Gasteiger partial charge is 0.514 e. The van der Waals surface area contributed by atoms with Gasteiger partial charge in [-0.2, -0.15) is 5.10 Å². The van der Waals surface area contributed by atoms with Gasteiger partial charge in [0.1, 0.15) is 17.1 Å². The Hall–Kier alpha value is -3.79. The smallest absolute Gasteiger partial charge is 0.497 e. The number of ether oxygens (including phenoxy) is 5. The van der Waals surface area contributed by atoms with E-state index < -0.39 is 11.8 Å². The first-order valence-corrected chi connectivity index (χ1v) is 12.1. The number of nitrogens with zero attached hydrogens (tertiary/aromatic N) is 3. The monoisotopic (exact) mass is 513 g/mol. The number of benzene rings is 2. The predicted octanol–water partition coefficient (Wildman–Crippen LogP) is 5.36. The second-order valence-electron chi connectivity index (χ2n) is 8.48. The molecule has 0 aliphatic carbocycles. The Kier molecular flexibility index (Phi) is 8.76. The lowest BCUT2D eigenvalue weighted by molar-refractivity contribution is 0.0201. The van der Waals surface area contributed by atoms with Gasteiger partial charge in [-0.05, 0) is 69.7 Å². The maximum absolute atomic E-state index is 12.1. The van der Waals surface area contributed by atoms with Crippen LogP contribution >= 0.6 is 11.3 Å². The van der Waals surface area contributed by atoms with Crippen molar-refractivity contribution in [1.82, 2.24) is 4.68 Å². The van der Waals surface area contributed by atoms with Crippen LogP contribution in [0.2, 0.25) is 0 Å². The average Bonchev–Trinajstić information content (AvgIpc) is 3.24. The first-order chi connectivity index (χ1) is 17.2. The number of rotatable bonds is 8. The molecule has 10 heteroatoms. The fraction of sp³-hybridized carbons (Fsp3) is 0.346. The molecule has 36 heavy (non-hydrogen) atoms. The van der Waals surface area contributed by atoms with Crippen LogP contribution in [0.5, 0.6) is 23.0 Å². The highest BCUT2D eigenvalue weighted by molar-refractivity contribution is 7.07. The molecule has 0 radical (unpaired) electrons. The molecule has 0 amide bonds. The second-order valence-corrected chi connectivity index (χ2v) is 9.31. The van der Waals surface area contributed by atoms with Crippen molar-refractivity contribution in [3.8, 4) is 34.3 Å². The van der Waals surface area contributed by atoms with Crippen LogP contribution < -0.4 is 23.7 Å². The van der Waals surface area contributed by atoms with Crippen LogP contribution in [-0.2, 0) is 4.74 Å². The van der Waals surface area contributed by atoms with Crippen molar-refractivity contribution in [1.29, 1.82) is 0 Å². The number of hydrogen-bond acceptors (Lipinski definition) is 9. The third kappa shape index (κ3) is 6.66. The van der Waals surface area contributed by atoms with Crippen molar-refractivity contribution in [3.63, 3.8) is 0 Å². The van der Waals surface area contributed by atoms with Gasteiger partial charge in [0.25, 0.3) is 0 Å². The van der Waals surface area contributed by atoms with Gasteiger partial charge in [0.05, 0.1) is 33.2 Å². The number of carbonyl (C=O) groups is 1. The molecule has 192 valence electrons. The molecule has 0 saturated heterocycles. The molecule has 0 aliphatic heterocycles. The van der Waals surface area contributed by atoms with Crippen LogP contribution in [0.25, 0.3) is 11.3 Å². The molecule has 1 heterocycles. The molecule has 0 N–H and O–H groups in total. The molecule has 3 rings (SSSR count). The molecule has 2 aromatic carbocycles. The summed E-state index contributed by atoms with van der Waals surface area (Å²) in [6.45, 7) is 7.87. The van der Waals surface area contributed by atoms with Crippen LogP contribution in [0, 0.1) is 0 Å². The second kappa shape index (κ2) is 11.8. The molecule has 9 nitrogen and oxygen atoms in total. The van der Waals surface area contributed by atoms with E-state index in [9.17, 15) is 4.79 Å². The van der Waals surface area contributed by atoms with E-state index in [1.807, 2.05) is 30.5 Å². The lowest BCUT2D eigenvalue weighted by Gasteiger charge is -2.19. The average molecular weight is 514 g/mol. The van der Waals surface area contributed by atoms with Gasteiger partial charge in [-0.1, -0.05) is 0 Å². The minimum Gasteiger partial charge on any atom is -0.497 e. The van der Waals surface area contributed by atoms with Crippen LogP contribution in [0.1, 0.15) is 33.3 Å². The molecule has 0 spiro atoms. The third-order valence-electron chi connectivity index (χ3n) is 4.75. The van der Waals surface area contributed by atoms with E-state index >= 15 is 0 Å².